The maximum atomic E-state index is 11.7. The Kier molecular flexibility index (Phi) is 3.16. The quantitative estimate of drug-likeness (QED) is 0.842. The van der Waals surface area contributed by atoms with E-state index in [4.69, 9.17) is 5.11 Å². The summed E-state index contributed by atoms with van der Waals surface area (Å²) in [5.41, 5.74) is 0.415. The summed E-state index contributed by atoms with van der Waals surface area (Å²) in [6.07, 6.45) is -0.159. The fourth-order valence-electron chi connectivity index (χ4n) is 1.75. The van der Waals surface area contributed by atoms with Crippen molar-refractivity contribution in [1.29, 1.82) is 0 Å². The number of carbonyl (C=O) groups is 2. The zero-order valence-electron chi connectivity index (χ0n) is 8.88. The lowest BCUT2D eigenvalue weighted by molar-refractivity contribution is -0.118. The van der Waals surface area contributed by atoms with Gasteiger partial charge in [-0.2, -0.15) is 0 Å². The Bertz CT molecular complexity index is 640. The molecular weight excluding hydrogens is 326 g/mol. The average Bonchev–Trinajstić information content (AvgIpc) is 2.51. The number of aromatic carboxylic acids is 1. The second-order valence-corrected chi connectivity index (χ2v) is 6.52. The molecular formula is C10H8BrNO5S. The molecule has 1 saturated heterocycles. The molecule has 2 N–H and O–H groups in total. The van der Waals surface area contributed by atoms with Gasteiger partial charge in [0.25, 0.3) is 0 Å². The van der Waals surface area contributed by atoms with Crippen LogP contribution in [0.2, 0.25) is 0 Å². The van der Waals surface area contributed by atoms with Crippen LogP contribution < -0.4 is 4.72 Å². The van der Waals surface area contributed by atoms with Gasteiger partial charge in [0.05, 0.1) is 12.0 Å². The Morgan fingerprint density at radius 2 is 2.11 bits per heavy atom. The maximum Gasteiger partial charge on any atom is 0.335 e. The number of halogens is 1. The van der Waals surface area contributed by atoms with Crippen molar-refractivity contribution in [3.63, 3.8) is 0 Å². The summed E-state index contributed by atoms with van der Waals surface area (Å²) in [5.74, 6) is -1.67. The third-order valence-electron chi connectivity index (χ3n) is 2.60. The van der Waals surface area contributed by atoms with Crippen LogP contribution in [0, 0.1) is 0 Å². The topological polar surface area (TPSA) is 101 Å². The molecule has 8 heteroatoms. The highest BCUT2D eigenvalue weighted by atomic mass is 79.9. The lowest BCUT2D eigenvalue weighted by Gasteiger charge is -2.10. The molecule has 1 aliphatic rings. The SMILES string of the molecule is O=C1CC(c2ccc(C(=O)O)cc2Br)S(=O)(=O)N1. The fraction of sp³-hybridized carbons (Fsp3) is 0.200. The van der Waals surface area contributed by atoms with Gasteiger partial charge in [0.15, 0.2) is 0 Å². The molecule has 0 spiro atoms. The van der Waals surface area contributed by atoms with Crippen molar-refractivity contribution >= 4 is 37.8 Å². The first-order valence-corrected chi connectivity index (χ1v) is 7.22. The second kappa shape index (κ2) is 4.36. The molecule has 0 aliphatic carbocycles. The maximum absolute atomic E-state index is 11.7. The van der Waals surface area contributed by atoms with Crippen molar-refractivity contribution in [2.75, 3.05) is 0 Å². The van der Waals surface area contributed by atoms with Gasteiger partial charge >= 0.3 is 5.97 Å². The van der Waals surface area contributed by atoms with Crippen LogP contribution in [-0.2, 0) is 14.8 Å². The molecule has 1 amide bonds. The number of rotatable bonds is 2. The van der Waals surface area contributed by atoms with Crippen LogP contribution in [0.3, 0.4) is 0 Å². The molecule has 2 rings (SSSR count). The number of amides is 1. The molecule has 1 aromatic carbocycles. The summed E-state index contributed by atoms with van der Waals surface area (Å²) < 4.78 is 25.6. The van der Waals surface area contributed by atoms with Gasteiger partial charge in [0, 0.05) is 4.47 Å². The minimum Gasteiger partial charge on any atom is -0.478 e. The molecule has 1 aromatic rings. The van der Waals surface area contributed by atoms with Crippen LogP contribution >= 0.6 is 15.9 Å². The number of carboxylic acids is 1. The first kappa shape index (κ1) is 13.0. The monoisotopic (exact) mass is 333 g/mol. The van der Waals surface area contributed by atoms with Crippen molar-refractivity contribution in [2.45, 2.75) is 11.7 Å². The number of benzene rings is 1. The Labute approximate surface area is 111 Å². The molecule has 1 aliphatic heterocycles. The zero-order chi connectivity index (χ0) is 13.5. The summed E-state index contributed by atoms with van der Waals surface area (Å²) in [6, 6.07) is 4.02. The molecule has 0 bridgehead atoms. The largest absolute Gasteiger partial charge is 0.478 e. The minimum absolute atomic E-state index is 0.0419. The van der Waals surface area contributed by atoms with Crippen LogP contribution in [0.4, 0.5) is 0 Å². The fourth-order valence-corrected chi connectivity index (χ4v) is 4.01. The van der Waals surface area contributed by atoms with Gasteiger partial charge < -0.3 is 5.11 Å². The summed E-state index contributed by atoms with van der Waals surface area (Å²) in [7, 11) is -3.72. The molecule has 96 valence electrons. The van der Waals surface area contributed by atoms with Crippen molar-refractivity contribution in [3.8, 4) is 0 Å². The van der Waals surface area contributed by atoms with Crippen molar-refractivity contribution < 1.29 is 23.1 Å². The standard InChI is InChI=1S/C10H8BrNO5S/c11-7-3-5(10(14)15)1-2-6(7)8-4-9(13)12-18(8,16)17/h1-3,8H,4H2,(H,12,13)(H,14,15). The smallest absolute Gasteiger partial charge is 0.335 e. The van der Waals surface area contributed by atoms with Gasteiger partial charge in [0.1, 0.15) is 5.25 Å². The molecule has 0 radical (unpaired) electrons. The lowest BCUT2D eigenvalue weighted by atomic mass is 10.1. The zero-order valence-corrected chi connectivity index (χ0v) is 11.3. The molecule has 1 atom stereocenters. The van der Waals surface area contributed by atoms with Crippen LogP contribution in [0.1, 0.15) is 27.6 Å². The Hall–Kier alpha value is -1.41. The van der Waals surface area contributed by atoms with Gasteiger partial charge in [-0.15, -0.1) is 0 Å². The van der Waals surface area contributed by atoms with Crippen molar-refractivity contribution in [3.05, 3.63) is 33.8 Å². The van der Waals surface area contributed by atoms with E-state index < -0.39 is 27.1 Å². The molecule has 1 fully saturated rings. The van der Waals surface area contributed by atoms with E-state index in [9.17, 15) is 18.0 Å². The van der Waals surface area contributed by atoms with Crippen molar-refractivity contribution in [2.24, 2.45) is 0 Å². The molecule has 0 saturated carbocycles. The first-order chi connectivity index (χ1) is 8.31. The highest BCUT2D eigenvalue weighted by molar-refractivity contribution is 9.10. The number of hydrogen-bond donors (Lipinski definition) is 2. The number of carboxylic acid groups (broad SMARTS) is 1. The number of carbonyl (C=O) groups excluding carboxylic acids is 1. The van der Waals surface area contributed by atoms with Gasteiger partial charge in [-0.25, -0.2) is 13.2 Å². The third kappa shape index (κ3) is 2.25. The van der Waals surface area contributed by atoms with E-state index >= 15 is 0 Å². The van der Waals surface area contributed by atoms with Crippen LogP contribution in [0.15, 0.2) is 22.7 Å². The van der Waals surface area contributed by atoms with E-state index in [1.54, 1.807) is 0 Å². The molecule has 18 heavy (non-hydrogen) atoms. The minimum atomic E-state index is -3.72. The lowest BCUT2D eigenvalue weighted by Crippen LogP contribution is -2.21. The van der Waals surface area contributed by atoms with Gasteiger partial charge in [-0.1, -0.05) is 22.0 Å². The normalized spacial score (nSPS) is 21.6. The summed E-state index contributed by atoms with van der Waals surface area (Å²) >= 11 is 3.13. The number of sulfonamides is 1. The highest BCUT2D eigenvalue weighted by Gasteiger charge is 2.38. The van der Waals surface area contributed by atoms with Crippen LogP contribution in [0.25, 0.3) is 0 Å². The predicted octanol–water partition coefficient (Wildman–Crippen LogP) is 1.04. The van der Waals surface area contributed by atoms with E-state index in [0.29, 0.717) is 10.0 Å². The Balaban J connectivity index is 2.47. The van der Waals surface area contributed by atoms with Gasteiger partial charge in [-0.3, -0.25) is 9.52 Å². The Morgan fingerprint density at radius 3 is 2.56 bits per heavy atom. The highest BCUT2D eigenvalue weighted by Crippen LogP contribution is 2.35. The van der Waals surface area contributed by atoms with E-state index in [1.165, 1.54) is 18.2 Å². The molecule has 1 heterocycles. The number of nitrogens with one attached hydrogen (secondary N) is 1. The van der Waals surface area contributed by atoms with E-state index in [0.717, 1.165) is 0 Å². The molecule has 1 unspecified atom stereocenters. The molecule has 0 aromatic heterocycles. The van der Waals surface area contributed by atoms with Gasteiger partial charge in [0.2, 0.25) is 15.9 Å². The third-order valence-corrected chi connectivity index (χ3v) is 4.96. The van der Waals surface area contributed by atoms with Crippen LogP contribution in [-0.4, -0.2) is 25.4 Å². The Morgan fingerprint density at radius 1 is 1.44 bits per heavy atom. The van der Waals surface area contributed by atoms with E-state index in [2.05, 4.69) is 15.9 Å². The van der Waals surface area contributed by atoms with Crippen molar-refractivity contribution in [1.82, 2.24) is 4.72 Å². The number of hydrogen-bond acceptors (Lipinski definition) is 4. The first-order valence-electron chi connectivity index (χ1n) is 4.88. The van der Waals surface area contributed by atoms with Crippen LogP contribution in [0.5, 0.6) is 0 Å². The summed E-state index contributed by atoms with van der Waals surface area (Å²) in [5, 5.41) is 7.82. The van der Waals surface area contributed by atoms with E-state index in [-0.39, 0.29) is 12.0 Å². The predicted molar refractivity (Wildman–Crippen MR) is 65.5 cm³/mol. The summed E-state index contributed by atoms with van der Waals surface area (Å²) in [6.45, 7) is 0. The molecule has 6 nitrogen and oxygen atoms in total. The summed E-state index contributed by atoms with van der Waals surface area (Å²) in [4.78, 5) is 21.9. The second-order valence-electron chi connectivity index (χ2n) is 3.80. The average molecular weight is 334 g/mol. The van der Waals surface area contributed by atoms with E-state index in [1.807, 2.05) is 4.72 Å². The van der Waals surface area contributed by atoms with Gasteiger partial charge in [-0.05, 0) is 17.7 Å².